The van der Waals surface area contributed by atoms with Gasteiger partial charge in [0.25, 0.3) is 0 Å². The van der Waals surface area contributed by atoms with Gasteiger partial charge in [0.1, 0.15) is 0 Å². The molecule has 0 saturated heterocycles. The number of thiazole rings is 1. The van der Waals surface area contributed by atoms with E-state index in [1.54, 1.807) is 18.4 Å². The number of nitrogens with one attached hydrogen (secondary N) is 1. The highest BCUT2D eigenvalue weighted by atomic mass is 32.1. The second-order valence-electron chi connectivity index (χ2n) is 4.42. The van der Waals surface area contributed by atoms with E-state index in [1.165, 1.54) is 19.3 Å². The number of anilines is 1. The lowest BCUT2D eigenvalue weighted by Gasteiger charge is -2.14. The molecule has 18 heavy (non-hydrogen) atoms. The molecule has 0 aromatic carbocycles. The van der Waals surface area contributed by atoms with Crippen LogP contribution in [0.5, 0.6) is 0 Å². The fourth-order valence-electron chi connectivity index (χ4n) is 1.64. The highest BCUT2D eigenvalue weighted by Gasteiger charge is 2.06. The van der Waals surface area contributed by atoms with Gasteiger partial charge in [0.2, 0.25) is 0 Å². The number of hydrogen-bond acceptors (Lipinski definition) is 5. The Morgan fingerprint density at radius 3 is 3.00 bits per heavy atom. The van der Waals surface area contributed by atoms with Crippen molar-refractivity contribution in [1.82, 2.24) is 10.3 Å². The van der Waals surface area contributed by atoms with E-state index >= 15 is 0 Å². The molecule has 0 fully saturated rings. The molecular weight excluding hydrogens is 246 g/mol. The minimum Gasteiger partial charge on any atom is -0.383 e. The van der Waals surface area contributed by atoms with E-state index in [4.69, 9.17) is 4.74 Å². The molecule has 1 N–H and O–H groups in total. The van der Waals surface area contributed by atoms with Crippen molar-refractivity contribution in [2.45, 2.75) is 32.7 Å². The van der Waals surface area contributed by atoms with Gasteiger partial charge in [-0.15, -0.1) is 11.3 Å². The summed E-state index contributed by atoms with van der Waals surface area (Å²) in [5.41, 5.74) is 1.12. The first kappa shape index (κ1) is 15.4. The second-order valence-corrected chi connectivity index (χ2v) is 5.26. The Kier molecular flexibility index (Phi) is 7.96. The van der Waals surface area contributed by atoms with Crippen molar-refractivity contribution >= 4 is 16.5 Å². The van der Waals surface area contributed by atoms with Crippen LogP contribution in [0.4, 0.5) is 5.13 Å². The van der Waals surface area contributed by atoms with Gasteiger partial charge in [-0.25, -0.2) is 4.98 Å². The van der Waals surface area contributed by atoms with Crippen molar-refractivity contribution in [3.63, 3.8) is 0 Å². The Labute approximate surface area is 114 Å². The number of ether oxygens (including phenoxy) is 1. The van der Waals surface area contributed by atoms with E-state index in [0.29, 0.717) is 0 Å². The van der Waals surface area contributed by atoms with Gasteiger partial charge in [-0.1, -0.05) is 19.8 Å². The van der Waals surface area contributed by atoms with Crippen LogP contribution in [0.3, 0.4) is 0 Å². The first-order valence-electron chi connectivity index (χ1n) is 6.63. The van der Waals surface area contributed by atoms with Gasteiger partial charge in [-0.05, 0) is 6.42 Å². The molecule has 0 aliphatic heterocycles. The van der Waals surface area contributed by atoms with Crippen molar-refractivity contribution in [1.29, 1.82) is 0 Å². The number of rotatable bonds is 10. The molecule has 1 heterocycles. The summed E-state index contributed by atoms with van der Waals surface area (Å²) in [6.45, 7) is 5.76. The van der Waals surface area contributed by atoms with E-state index in [1.807, 2.05) is 0 Å². The maximum absolute atomic E-state index is 4.99. The third-order valence-electron chi connectivity index (χ3n) is 2.75. The van der Waals surface area contributed by atoms with Gasteiger partial charge < -0.3 is 15.0 Å². The Morgan fingerprint density at radius 1 is 1.44 bits per heavy atom. The van der Waals surface area contributed by atoms with Crippen LogP contribution in [0.15, 0.2) is 5.38 Å². The Balaban J connectivity index is 2.28. The maximum Gasteiger partial charge on any atom is 0.185 e. The molecule has 0 aliphatic rings. The largest absolute Gasteiger partial charge is 0.383 e. The van der Waals surface area contributed by atoms with Crippen LogP contribution in [0.25, 0.3) is 0 Å². The molecule has 0 spiro atoms. The molecule has 0 unspecified atom stereocenters. The molecule has 0 aliphatic carbocycles. The van der Waals surface area contributed by atoms with Crippen LogP contribution in [0.2, 0.25) is 0 Å². The molecule has 1 aromatic rings. The van der Waals surface area contributed by atoms with E-state index in [9.17, 15) is 0 Å². The van der Waals surface area contributed by atoms with E-state index in [-0.39, 0.29) is 0 Å². The average molecular weight is 271 g/mol. The van der Waals surface area contributed by atoms with Gasteiger partial charge in [0.05, 0.1) is 12.3 Å². The van der Waals surface area contributed by atoms with Gasteiger partial charge in [-0.3, -0.25) is 0 Å². The van der Waals surface area contributed by atoms with Crippen LogP contribution in [-0.2, 0) is 11.3 Å². The van der Waals surface area contributed by atoms with Crippen LogP contribution >= 0.6 is 11.3 Å². The summed E-state index contributed by atoms with van der Waals surface area (Å²) in [6.07, 6.45) is 3.80. The standard InChI is InChI=1S/C13H25N3OS/c1-4-5-6-8-16(2)13-15-12(11-18-13)10-14-7-9-17-3/h11,14H,4-10H2,1-3H3. The fraction of sp³-hybridized carbons (Fsp3) is 0.769. The summed E-state index contributed by atoms with van der Waals surface area (Å²) in [5, 5.41) is 6.56. The van der Waals surface area contributed by atoms with Crippen molar-refractivity contribution in [3.05, 3.63) is 11.1 Å². The highest BCUT2D eigenvalue weighted by molar-refractivity contribution is 7.13. The smallest absolute Gasteiger partial charge is 0.185 e. The van der Waals surface area contributed by atoms with Crippen molar-refractivity contribution < 1.29 is 4.74 Å². The summed E-state index contributed by atoms with van der Waals surface area (Å²) >= 11 is 1.72. The van der Waals surface area contributed by atoms with Gasteiger partial charge in [0, 0.05) is 39.2 Å². The van der Waals surface area contributed by atoms with Gasteiger partial charge in [-0.2, -0.15) is 0 Å². The van der Waals surface area contributed by atoms with E-state index in [2.05, 4.69) is 34.6 Å². The van der Waals surface area contributed by atoms with E-state index in [0.717, 1.165) is 37.1 Å². The van der Waals surface area contributed by atoms with Gasteiger partial charge >= 0.3 is 0 Å². The van der Waals surface area contributed by atoms with Crippen LogP contribution < -0.4 is 10.2 Å². The number of aromatic nitrogens is 1. The summed E-state index contributed by atoms with van der Waals surface area (Å²) in [5.74, 6) is 0. The second kappa shape index (κ2) is 9.30. The molecule has 1 rings (SSSR count). The molecule has 0 amide bonds. The predicted molar refractivity (Wildman–Crippen MR) is 78.5 cm³/mol. The zero-order valence-corrected chi connectivity index (χ0v) is 12.6. The van der Waals surface area contributed by atoms with E-state index < -0.39 is 0 Å². The number of unbranched alkanes of at least 4 members (excludes halogenated alkanes) is 2. The normalized spacial score (nSPS) is 10.8. The third kappa shape index (κ3) is 5.80. The monoisotopic (exact) mass is 271 g/mol. The van der Waals surface area contributed by atoms with Gasteiger partial charge in [0.15, 0.2) is 5.13 Å². The molecule has 0 saturated carbocycles. The lowest BCUT2D eigenvalue weighted by molar-refractivity contribution is 0.199. The molecule has 0 atom stereocenters. The molecular formula is C13H25N3OS. The SMILES string of the molecule is CCCCCN(C)c1nc(CNCCOC)cs1. The molecule has 104 valence electrons. The van der Waals surface area contributed by atoms with Crippen LogP contribution in [0, 0.1) is 0 Å². The van der Waals surface area contributed by atoms with Crippen molar-refractivity contribution in [3.8, 4) is 0 Å². The number of hydrogen-bond donors (Lipinski definition) is 1. The lowest BCUT2D eigenvalue weighted by atomic mass is 10.2. The Morgan fingerprint density at radius 2 is 2.28 bits per heavy atom. The fourth-order valence-corrected chi connectivity index (χ4v) is 2.46. The Bertz CT molecular complexity index is 317. The maximum atomic E-state index is 4.99. The first-order chi connectivity index (χ1) is 8.77. The minimum absolute atomic E-state index is 0.744. The summed E-state index contributed by atoms with van der Waals surface area (Å²) in [7, 11) is 3.84. The predicted octanol–water partition coefficient (Wildman–Crippen LogP) is 2.51. The van der Waals surface area contributed by atoms with Crippen molar-refractivity contribution in [2.75, 3.05) is 38.8 Å². The molecule has 1 aromatic heterocycles. The zero-order chi connectivity index (χ0) is 13.2. The summed E-state index contributed by atoms with van der Waals surface area (Å²) < 4.78 is 4.99. The summed E-state index contributed by atoms with van der Waals surface area (Å²) in [6, 6.07) is 0. The minimum atomic E-state index is 0.744. The van der Waals surface area contributed by atoms with Crippen molar-refractivity contribution in [2.24, 2.45) is 0 Å². The van der Waals surface area contributed by atoms with Crippen LogP contribution in [-0.4, -0.2) is 38.8 Å². The highest BCUT2D eigenvalue weighted by Crippen LogP contribution is 2.19. The molecule has 5 heteroatoms. The summed E-state index contributed by atoms with van der Waals surface area (Å²) in [4.78, 5) is 6.88. The molecule has 4 nitrogen and oxygen atoms in total. The topological polar surface area (TPSA) is 37.4 Å². The third-order valence-corrected chi connectivity index (χ3v) is 3.76. The first-order valence-corrected chi connectivity index (χ1v) is 7.51. The zero-order valence-electron chi connectivity index (χ0n) is 11.7. The number of methoxy groups -OCH3 is 1. The molecule has 0 bridgehead atoms. The Hall–Kier alpha value is -0.650. The number of nitrogens with zero attached hydrogens (tertiary/aromatic N) is 2. The average Bonchev–Trinajstić information content (AvgIpc) is 2.84. The lowest BCUT2D eigenvalue weighted by Crippen LogP contribution is -2.20. The quantitative estimate of drug-likeness (QED) is 0.664. The molecule has 0 radical (unpaired) electrons. The van der Waals surface area contributed by atoms with Crippen LogP contribution in [0.1, 0.15) is 31.9 Å².